The molecule has 0 spiro atoms. The summed E-state index contributed by atoms with van der Waals surface area (Å²) in [5.74, 6) is -5.36. The summed E-state index contributed by atoms with van der Waals surface area (Å²) in [7, 11) is 0. The van der Waals surface area contributed by atoms with E-state index in [0.29, 0.717) is 12.1 Å². The van der Waals surface area contributed by atoms with E-state index in [9.17, 15) is 29.1 Å². The zero-order chi connectivity index (χ0) is 28.8. The number of nitrogens with zero attached hydrogens (tertiary/aromatic N) is 2. The smallest absolute Gasteiger partial charge is 0.326 e. The third-order valence-corrected chi connectivity index (χ3v) is 5.25. The molecule has 212 valence electrons. The standard InChI is InChI=1S/C22H37N9O7/c1-11(2)6-14(19(35)31-16(21(37)38)8-17(32)33)30-20(36)15(7-12-9-26-10-28-12)29-18(34)13(23)4-3-5-27-22(24)25/h9-11,13-16H,3-8,23H2,1-2H3,(H,26,28)(H,29,34)(H,30,36)(H,31,35)(H,32,33)(H,37,38)(H4,24,25,27). The maximum absolute atomic E-state index is 13.2. The Balaban J connectivity index is 3.00. The summed E-state index contributed by atoms with van der Waals surface area (Å²) in [5, 5.41) is 25.4. The lowest BCUT2D eigenvalue weighted by Gasteiger charge is -2.25. The van der Waals surface area contributed by atoms with E-state index in [1.165, 1.54) is 12.5 Å². The summed E-state index contributed by atoms with van der Waals surface area (Å²) in [5.41, 5.74) is 17.0. The average molecular weight is 540 g/mol. The molecule has 0 bridgehead atoms. The normalized spacial score (nSPS) is 14.0. The Labute approximate surface area is 219 Å². The topological polar surface area (TPSA) is 281 Å². The molecule has 0 aromatic carbocycles. The number of carbonyl (C=O) groups excluding carboxylic acids is 3. The first-order valence-corrected chi connectivity index (χ1v) is 11.9. The van der Waals surface area contributed by atoms with E-state index in [-0.39, 0.29) is 37.7 Å². The number of rotatable bonds is 17. The minimum absolute atomic E-state index is 0.00885. The largest absolute Gasteiger partial charge is 0.481 e. The van der Waals surface area contributed by atoms with E-state index in [1.807, 2.05) is 0 Å². The Morgan fingerprint density at radius 3 is 2.13 bits per heavy atom. The molecule has 0 aliphatic carbocycles. The van der Waals surface area contributed by atoms with Crippen LogP contribution in [0.1, 0.15) is 45.2 Å². The number of guanidine groups is 1. The molecule has 1 aromatic rings. The number of aliphatic carboxylic acids is 2. The number of aliphatic imine (C=N–C) groups is 1. The second-order valence-corrected chi connectivity index (χ2v) is 9.09. The Bertz CT molecular complexity index is 978. The number of nitrogens with two attached hydrogens (primary N) is 3. The van der Waals surface area contributed by atoms with Gasteiger partial charge >= 0.3 is 11.9 Å². The predicted molar refractivity (Wildman–Crippen MR) is 135 cm³/mol. The third kappa shape index (κ3) is 12.2. The van der Waals surface area contributed by atoms with E-state index in [2.05, 4.69) is 30.9 Å². The first-order chi connectivity index (χ1) is 17.8. The highest BCUT2D eigenvalue weighted by Crippen LogP contribution is 2.08. The summed E-state index contributed by atoms with van der Waals surface area (Å²) >= 11 is 0. The maximum Gasteiger partial charge on any atom is 0.326 e. The Hall–Kier alpha value is -4.21. The van der Waals surface area contributed by atoms with Gasteiger partial charge in [0.05, 0.1) is 18.8 Å². The van der Waals surface area contributed by atoms with Crippen molar-refractivity contribution < 1.29 is 34.2 Å². The van der Waals surface area contributed by atoms with Gasteiger partial charge in [0, 0.05) is 24.9 Å². The maximum atomic E-state index is 13.2. The van der Waals surface area contributed by atoms with Crippen LogP contribution in [0.4, 0.5) is 0 Å². The number of carboxylic acid groups (broad SMARTS) is 2. The molecule has 4 atom stereocenters. The van der Waals surface area contributed by atoms with Gasteiger partial charge in [-0.2, -0.15) is 0 Å². The number of carboxylic acids is 2. The lowest BCUT2D eigenvalue weighted by Crippen LogP contribution is -2.58. The molecule has 0 saturated heterocycles. The van der Waals surface area contributed by atoms with Crippen LogP contribution in [0.25, 0.3) is 0 Å². The Morgan fingerprint density at radius 2 is 1.61 bits per heavy atom. The molecule has 0 fully saturated rings. The Kier molecular flexibility index (Phi) is 13.2. The highest BCUT2D eigenvalue weighted by atomic mass is 16.4. The second-order valence-electron chi connectivity index (χ2n) is 9.09. The van der Waals surface area contributed by atoms with Gasteiger partial charge in [0.2, 0.25) is 17.7 Å². The molecule has 0 aliphatic heterocycles. The predicted octanol–water partition coefficient (Wildman–Crippen LogP) is -2.61. The number of amides is 3. The van der Waals surface area contributed by atoms with Gasteiger partial charge in [0.1, 0.15) is 18.1 Å². The fourth-order valence-corrected chi connectivity index (χ4v) is 3.38. The van der Waals surface area contributed by atoms with Gasteiger partial charge in [-0.1, -0.05) is 13.8 Å². The van der Waals surface area contributed by atoms with E-state index in [4.69, 9.17) is 22.3 Å². The van der Waals surface area contributed by atoms with Crippen molar-refractivity contribution in [1.82, 2.24) is 25.9 Å². The lowest BCUT2D eigenvalue weighted by molar-refractivity contribution is -0.147. The fourth-order valence-electron chi connectivity index (χ4n) is 3.38. The number of aromatic amines is 1. The molecule has 0 radical (unpaired) electrons. The van der Waals surface area contributed by atoms with Crippen molar-refractivity contribution in [2.75, 3.05) is 6.54 Å². The number of H-pyrrole nitrogens is 1. The number of hydrogen-bond donors (Lipinski definition) is 9. The zero-order valence-electron chi connectivity index (χ0n) is 21.3. The average Bonchev–Trinajstić information content (AvgIpc) is 3.32. The number of carbonyl (C=O) groups is 5. The second kappa shape index (κ2) is 15.8. The molecular formula is C22H37N9O7. The molecule has 16 nitrogen and oxygen atoms in total. The lowest BCUT2D eigenvalue weighted by atomic mass is 10.0. The fraction of sp³-hybridized carbons (Fsp3) is 0.591. The summed E-state index contributed by atoms with van der Waals surface area (Å²) < 4.78 is 0. The molecule has 1 aromatic heterocycles. The van der Waals surface area contributed by atoms with E-state index >= 15 is 0 Å². The van der Waals surface area contributed by atoms with Crippen LogP contribution in [0.2, 0.25) is 0 Å². The van der Waals surface area contributed by atoms with Gasteiger partial charge in [-0.3, -0.25) is 24.2 Å². The Morgan fingerprint density at radius 1 is 1.00 bits per heavy atom. The number of nitrogens with one attached hydrogen (secondary N) is 4. The van der Waals surface area contributed by atoms with Crippen LogP contribution < -0.4 is 33.2 Å². The molecular weight excluding hydrogens is 502 g/mol. The van der Waals surface area contributed by atoms with Gasteiger partial charge in [-0.25, -0.2) is 9.78 Å². The van der Waals surface area contributed by atoms with E-state index in [1.54, 1.807) is 13.8 Å². The number of imidazole rings is 1. The van der Waals surface area contributed by atoms with Crippen molar-refractivity contribution in [3.8, 4) is 0 Å². The van der Waals surface area contributed by atoms with E-state index in [0.717, 1.165) is 0 Å². The summed E-state index contributed by atoms with van der Waals surface area (Å²) in [6.07, 6.45) is 2.77. The molecule has 12 N–H and O–H groups in total. The van der Waals surface area contributed by atoms with Crippen LogP contribution in [0.3, 0.4) is 0 Å². The van der Waals surface area contributed by atoms with Gasteiger partial charge in [-0.05, 0) is 25.2 Å². The van der Waals surface area contributed by atoms with Gasteiger partial charge in [0.25, 0.3) is 0 Å². The van der Waals surface area contributed by atoms with Crippen molar-refractivity contribution in [2.24, 2.45) is 28.1 Å². The van der Waals surface area contributed by atoms with Gasteiger partial charge in [0.15, 0.2) is 5.96 Å². The first-order valence-electron chi connectivity index (χ1n) is 11.9. The van der Waals surface area contributed by atoms with Crippen LogP contribution in [-0.4, -0.2) is 86.5 Å². The molecule has 3 amide bonds. The molecule has 1 heterocycles. The third-order valence-electron chi connectivity index (χ3n) is 5.25. The van der Waals surface area contributed by atoms with Crippen molar-refractivity contribution in [3.63, 3.8) is 0 Å². The molecule has 0 saturated carbocycles. The van der Waals surface area contributed by atoms with Gasteiger partial charge < -0.3 is 48.3 Å². The molecule has 1 rings (SSSR count). The highest BCUT2D eigenvalue weighted by Gasteiger charge is 2.31. The molecule has 4 unspecified atom stereocenters. The quantitative estimate of drug-likeness (QED) is 0.0561. The van der Waals surface area contributed by atoms with Crippen molar-refractivity contribution in [1.29, 1.82) is 0 Å². The van der Waals surface area contributed by atoms with Crippen molar-refractivity contribution in [2.45, 2.75) is 70.1 Å². The van der Waals surface area contributed by atoms with Gasteiger partial charge in [-0.15, -0.1) is 0 Å². The first kappa shape index (κ1) is 31.8. The minimum atomic E-state index is -1.69. The van der Waals surface area contributed by atoms with E-state index < -0.39 is 60.2 Å². The molecule has 0 aliphatic rings. The minimum Gasteiger partial charge on any atom is -0.481 e. The van der Waals surface area contributed by atoms with Crippen LogP contribution in [0, 0.1) is 5.92 Å². The monoisotopic (exact) mass is 539 g/mol. The van der Waals surface area contributed by atoms with Crippen LogP contribution in [0.15, 0.2) is 17.5 Å². The summed E-state index contributed by atoms with van der Waals surface area (Å²) in [4.78, 5) is 71.7. The van der Waals surface area contributed by atoms with Crippen molar-refractivity contribution >= 4 is 35.6 Å². The summed E-state index contributed by atoms with van der Waals surface area (Å²) in [6, 6.07) is -5.02. The van der Waals surface area contributed by atoms with Crippen LogP contribution >= 0.6 is 0 Å². The van der Waals surface area contributed by atoms with Crippen LogP contribution in [-0.2, 0) is 30.4 Å². The number of hydrogen-bond acceptors (Lipinski definition) is 8. The summed E-state index contributed by atoms with van der Waals surface area (Å²) in [6.45, 7) is 3.83. The highest BCUT2D eigenvalue weighted by molar-refractivity contribution is 5.94. The molecule has 38 heavy (non-hydrogen) atoms. The number of aromatic nitrogens is 2. The van der Waals surface area contributed by atoms with Crippen LogP contribution in [0.5, 0.6) is 0 Å². The molecule has 16 heteroatoms. The zero-order valence-corrected chi connectivity index (χ0v) is 21.3. The SMILES string of the molecule is CC(C)CC(NC(=O)C(Cc1cnc[nH]1)NC(=O)C(N)CCCN=C(N)N)C(=O)NC(CC(=O)O)C(=O)O. The van der Waals surface area contributed by atoms with Crippen molar-refractivity contribution in [3.05, 3.63) is 18.2 Å².